The number of hydrazine groups is 1. The molecule has 1 heterocycles. The van der Waals surface area contributed by atoms with Crippen molar-refractivity contribution in [2.24, 2.45) is 11.1 Å². The molecule has 1 unspecified atom stereocenters. The van der Waals surface area contributed by atoms with Crippen molar-refractivity contribution in [2.45, 2.75) is 58.0 Å². The first kappa shape index (κ1) is 29.1. The van der Waals surface area contributed by atoms with E-state index in [4.69, 9.17) is 17.3 Å². The third kappa shape index (κ3) is 6.99. The van der Waals surface area contributed by atoms with Crippen LogP contribution in [0.4, 0.5) is 14.9 Å². The summed E-state index contributed by atoms with van der Waals surface area (Å²) >= 11 is 6.24. The molecule has 0 spiro atoms. The van der Waals surface area contributed by atoms with Gasteiger partial charge in [-0.2, -0.15) is 0 Å². The normalized spacial score (nSPS) is 19.6. The van der Waals surface area contributed by atoms with Crippen molar-refractivity contribution in [2.75, 3.05) is 4.90 Å². The van der Waals surface area contributed by atoms with Gasteiger partial charge in [0.15, 0.2) is 0 Å². The van der Waals surface area contributed by atoms with Gasteiger partial charge in [0.05, 0.1) is 6.04 Å². The van der Waals surface area contributed by atoms with Gasteiger partial charge < -0.3 is 5.73 Å². The van der Waals surface area contributed by atoms with E-state index in [2.05, 4.69) is 5.43 Å². The molecule has 3 atom stereocenters. The number of hydrogen-bond acceptors (Lipinski definition) is 3. The van der Waals surface area contributed by atoms with Crippen LogP contribution >= 0.6 is 11.6 Å². The first-order valence-electron chi connectivity index (χ1n) is 13.2. The topological polar surface area (TPSA) is 95.7 Å². The second kappa shape index (κ2) is 12.1. The molecule has 9 heteroatoms. The molecule has 4 rings (SSSR count). The van der Waals surface area contributed by atoms with E-state index in [1.807, 2.05) is 51.1 Å². The zero-order valence-electron chi connectivity index (χ0n) is 22.8. The summed E-state index contributed by atoms with van der Waals surface area (Å²) in [5, 5.41) is 1.68. The molecule has 0 saturated carbocycles. The lowest BCUT2D eigenvalue weighted by atomic mass is 9.86. The largest absolute Gasteiger partial charge is 0.351 e. The van der Waals surface area contributed by atoms with Crippen LogP contribution in [-0.4, -0.2) is 28.9 Å². The smallest absolute Gasteiger partial charge is 0.320 e. The molecule has 0 aromatic heterocycles. The number of hydrogen-bond donors (Lipinski definition) is 2. The van der Waals surface area contributed by atoms with Gasteiger partial charge in [-0.1, -0.05) is 80.9 Å². The Balaban J connectivity index is 1.86. The number of urea groups is 1. The molecule has 210 valence electrons. The fourth-order valence-electron chi connectivity index (χ4n) is 5.21. The predicted octanol–water partition coefficient (Wildman–Crippen LogP) is 6.35. The maximum absolute atomic E-state index is 14.4. The highest BCUT2D eigenvalue weighted by atomic mass is 35.5. The van der Waals surface area contributed by atoms with E-state index in [0.29, 0.717) is 22.7 Å². The average molecular weight is 565 g/mol. The summed E-state index contributed by atoms with van der Waals surface area (Å²) in [5.41, 5.74) is 10.4. The molecule has 0 aliphatic carbocycles. The van der Waals surface area contributed by atoms with Crippen LogP contribution in [0.5, 0.6) is 0 Å². The minimum absolute atomic E-state index is 0.160. The number of carbonyl (C=O) groups excluding carboxylic acids is 3. The summed E-state index contributed by atoms with van der Waals surface area (Å²) in [6, 6.07) is 19.6. The molecule has 0 bridgehead atoms. The van der Waals surface area contributed by atoms with Gasteiger partial charge in [-0.3, -0.25) is 19.9 Å². The number of primary amides is 1. The summed E-state index contributed by atoms with van der Waals surface area (Å²) in [6.45, 7) is 5.78. The predicted molar refractivity (Wildman–Crippen MR) is 154 cm³/mol. The Labute approximate surface area is 239 Å². The molecule has 40 heavy (non-hydrogen) atoms. The van der Waals surface area contributed by atoms with Gasteiger partial charge in [-0.15, -0.1) is 0 Å². The van der Waals surface area contributed by atoms with Crippen molar-refractivity contribution < 1.29 is 18.8 Å². The highest BCUT2D eigenvalue weighted by Crippen LogP contribution is 2.40. The van der Waals surface area contributed by atoms with Crippen molar-refractivity contribution in [1.29, 1.82) is 0 Å². The highest BCUT2D eigenvalue weighted by Gasteiger charge is 2.43. The minimum atomic E-state index is -1.05. The Morgan fingerprint density at radius 2 is 1.68 bits per heavy atom. The van der Waals surface area contributed by atoms with Crippen LogP contribution in [0, 0.1) is 11.2 Å². The summed E-state index contributed by atoms with van der Waals surface area (Å²) in [4.78, 5) is 41.8. The van der Waals surface area contributed by atoms with Gasteiger partial charge in [-0.25, -0.2) is 14.2 Å². The lowest BCUT2D eigenvalue weighted by molar-refractivity contribution is -0.145. The Hall–Kier alpha value is -3.91. The third-order valence-corrected chi connectivity index (χ3v) is 7.18. The van der Waals surface area contributed by atoms with Crippen molar-refractivity contribution in [1.82, 2.24) is 10.4 Å². The van der Waals surface area contributed by atoms with Crippen LogP contribution < -0.4 is 16.1 Å². The first-order chi connectivity index (χ1) is 18.9. The second-order valence-corrected chi connectivity index (χ2v) is 11.8. The van der Waals surface area contributed by atoms with Gasteiger partial charge in [0.2, 0.25) is 5.91 Å². The summed E-state index contributed by atoms with van der Waals surface area (Å²) < 4.78 is 13.9. The quantitative estimate of drug-likeness (QED) is 0.365. The van der Waals surface area contributed by atoms with E-state index in [1.165, 1.54) is 22.0 Å². The summed E-state index contributed by atoms with van der Waals surface area (Å²) in [6.07, 6.45) is 0.811. The molecule has 1 saturated heterocycles. The second-order valence-electron chi connectivity index (χ2n) is 11.3. The van der Waals surface area contributed by atoms with Gasteiger partial charge in [0, 0.05) is 17.1 Å². The number of carbonyl (C=O) groups is 3. The van der Waals surface area contributed by atoms with Crippen LogP contribution in [0.2, 0.25) is 5.02 Å². The van der Waals surface area contributed by atoms with Gasteiger partial charge in [0.25, 0.3) is 5.91 Å². The number of nitrogens with two attached hydrogens (primary N) is 1. The fraction of sp³-hybridized carbons (Fsp3) is 0.323. The third-order valence-electron chi connectivity index (χ3n) is 6.95. The maximum atomic E-state index is 14.4. The molecule has 1 aliphatic heterocycles. The number of nitrogens with one attached hydrogen (secondary N) is 1. The molecular formula is C31H34ClFN4O3. The molecule has 1 fully saturated rings. The van der Waals surface area contributed by atoms with Gasteiger partial charge in [-0.05, 0) is 65.6 Å². The van der Waals surface area contributed by atoms with Crippen LogP contribution in [0.15, 0.2) is 78.9 Å². The van der Waals surface area contributed by atoms with E-state index in [0.717, 1.165) is 5.56 Å². The lowest BCUT2D eigenvalue weighted by Crippen LogP contribution is -2.57. The Morgan fingerprint density at radius 3 is 2.27 bits per heavy atom. The molecule has 3 aromatic carbocycles. The number of anilines is 1. The van der Waals surface area contributed by atoms with Crippen LogP contribution in [0.1, 0.15) is 63.1 Å². The number of nitrogens with zero attached hydrogens (tertiary/aromatic N) is 2. The van der Waals surface area contributed by atoms with Crippen molar-refractivity contribution in [3.63, 3.8) is 0 Å². The highest BCUT2D eigenvalue weighted by molar-refractivity contribution is 6.31. The SMILES string of the molecule is CC(C)(C)CC(=O)NN1C(=O)[C@H](N(C(N)=O)c2cccc(Cl)c2)C[C@H](c2ccccc2)CC1c1ccc(F)cc1. The average Bonchev–Trinajstić information content (AvgIpc) is 3.01. The zero-order valence-corrected chi connectivity index (χ0v) is 23.6. The Morgan fingerprint density at radius 1 is 1.00 bits per heavy atom. The van der Waals surface area contributed by atoms with E-state index < -0.39 is 29.8 Å². The number of rotatable bonds is 6. The molecule has 4 amide bonds. The fourth-order valence-corrected chi connectivity index (χ4v) is 5.40. The van der Waals surface area contributed by atoms with Crippen molar-refractivity contribution >= 4 is 35.1 Å². The monoisotopic (exact) mass is 564 g/mol. The number of benzene rings is 3. The van der Waals surface area contributed by atoms with Crippen LogP contribution in [0.25, 0.3) is 0 Å². The molecular weight excluding hydrogens is 531 g/mol. The van der Waals surface area contributed by atoms with Crippen LogP contribution in [0.3, 0.4) is 0 Å². The molecule has 3 aromatic rings. The van der Waals surface area contributed by atoms with E-state index >= 15 is 0 Å². The minimum Gasteiger partial charge on any atom is -0.351 e. The maximum Gasteiger partial charge on any atom is 0.320 e. The summed E-state index contributed by atoms with van der Waals surface area (Å²) in [5.74, 6) is -1.48. The summed E-state index contributed by atoms with van der Waals surface area (Å²) in [7, 11) is 0. The van der Waals surface area contributed by atoms with Gasteiger partial charge in [0.1, 0.15) is 11.9 Å². The van der Waals surface area contributed by atoms with Crippen molar-refractivity contribution in [3.8, 4) is 0 Å². The Kier molecular flexibility index (Phi) is 8.79. The van der Waals surface area contributed by atoms with E-state index in [9.17, 15) is 18.8 Å². The molecule has 3 N–H and O–H groups in total. The number of amides is 4. The standard InChI is InChI=1S/C31H34ClFN4O3/c1-31(2,3)19-28(38)35-37-26(21-12-14-24(33)15-13-21)16-22(20-8-5-4-6-9-20)17-27(29(37)39)36(30(34)40)25-11-7-10-23(32)18-25/h4-15,18,22,26-27H,16-17,19H2,1-3H3,(H2,34,40)(H,35,38)/t22-,26?,27-/m1/s1. The number of halogens is 2. The van der Waals surface area contributed by atoms with Gasteiger partial charge >= 0.3 is 6.03 Å². The molecule has 7 nitrogen and oxygen atoms in total. The van der Waals surface area contributed by atoms with Crippen LogP contribution in [-0.2, 0) is 9.59 Å². The zero-order chi connectivity index (χ0) is 29.0. The van der Waals surface area contributed by atoms with E-state index in [1.54, 1.807) is 36.4 Å². The molecule has 1 aliphatic rings. The lowest BCUT2D eigenvalue weighted by Gasteiger charge is -2.35. The van der Waals surface area contributed by atoms with Crippen molar-refractivity contribution in [3.05, 3.63) is 101 Å². The van der Waals surface area contributed by atoms with E-state index in [-0.39, 0.29) is 30.1 Å². The first-order valence-corrected chi connectivity index (χ1v) is 13.6. The molecule has 0 radical (unpaired) electrons. The Bertz CT molecular complexity index is 1360.